The second kappa shape index (κ2) is 7.28. The summed E-state index contributed by atoms with van der Waals surface area (Å²) >= 11 is 0. The lowest BCUT2D eigenvalue weighted by molar-refractivity contribution is 0.0949. The van der Waals surface area contributed by atoms with Gasteiger partial charge in [0.2, 0.25) is 0 Å². The summed E-state index contributed by atoms with van der Waals surface area (Å²) in [5.74, 6) is 0.0427. The molecule has 0 unspecified atom stereocenters. The number of nitrogens with one attached hydrogen (secondary N) is 2. The van der Waals surface area contributed by atoms with Crippen molar-refractivity contribution in [3.05, 3.63) is 60.2 Å². The van der Waals surface area contributed by atoms with Crippen LogP contribution in [0, 0.1) is 5.92 Å². The molecule has 0 saturated heterocycles. The Balaban J connectivity index is 2.20. The fourth-order valence-electron chi connectivity index (χ4n) is 1.92. The number of sulfonamides is 1. The molecule has 6 heteroatoms. The molecule has 2 aromatic rings. The SMILES string of the molecule is CC(C)CNC(=O)c1cccc(S(=O)(=O)Nc2ccccc2)c1. The van der Waals surface area contributed by atoms with Crippen LogP contribution in [0.25, 0.3) is 0 Å². The Morgan fingerprint density at radius 1 is 1.04 bits per heavy atom. The van der Waals surface area contributed by atoms with E-state index in [4.69, 9.17) is 0 Å². The van der Waals surface area contributed by atoms with Gasteiger partial charge in [-0.25, -0.2) is 8.42 Å². The van der Waals surface area contributed by atoms with Crippen molar-refractivity contribution < 1.29 is 13.2 Å². The minimum absolute atomic E-state index is 0.0542. The number of carbonyl (C=O) groups is 1. The first-order chi connectivity index (χ1) is 10.9. The predicted molar refractivity (Wildman–Crippen MR) is 90.9 cm³/mol. The number of para-hydroxylation sites is 1. The minimum Gasteiger partial charge on any atom is -0.352 e. The number of amides is 1. The summed E-state index contributed by atoms with van der Waals surface area (Å²) in [7, 11) is -3.73. The van der Waals surface area contributed by atoms with Crippen LogP contribution in [-0.2, 0) is 10.0 Å². The molecule has 0 aliphatic heterocycles. The molecule has 0 heterocycles. The molecule has 0 aliphatic carbocycles. The highest BCUT2D eigenvalue weighted by molar-refractivity contribution is 7.92. The molecule has 5 nitrogen and oxygen atoms in total. The van der Waals surface area contributed by atoms with Crippen LogP contribution >= 0.6 is 0 Å². The molecule has 0 aliphatic rings. The smallest absolute Gasteiger partial charge is 0.261 e. The maximum atomic E-state index is 12.4. The third-order valence-electron chi connectivity index (χ3n) is 3.10. The third kappa shape index (κ3) is 4.82. The molecular formula is C17H20N2O3S. The van der Waals surface area contributed by atoms with Gasteiger partial charge in [0.1, 0.15) is 0 Å². The molecule has 2 N–H and O–H groups in total. The number of carbonyl (C=O) groups excluding carboxylic acids is 1. The van der Waals surface area contributed by atoms with Gasteiger partial charge in [0.05, 0.1) is 4.90 Å². The second-order valence-electron chi connectivity index (χ2n) is 5.60. The summed E-state index contributed by atoms with van der Waals surface area (Å²) in [5, 5.41) is 2.77. The molecule has 23 heavy (non-hydrogen) atoms. The second-order valence-corrected chi connectivity index (χ2v) is 7.29. The van der Waals surface area contributed by atoms with Crippen LogP contribution in [0.5, 0.6) is 0 Å². The average molecular weight is 332 g/mol. The van der Waals surface area contributed by atoms with E-state index in [2.05, 4.69) is 10.0 Å². The summed E-state index contributed by atoms with van der Waals surface area (Å²) in [6.45, 7) is 4.52. The van der Waals surface area contributed by atoms with E-state index in [-0.39, 0.29) is 10.8 Å². The Labute approximate surface area is 136 Å². The highest BCUT2D eigenvalue weighted by atomic mass is 32.2. The van der Waals surface area contributed by atoms with E-state index in [1.54, 1.807) is 42.5 Å². The van der Waals surface area contributed by atoms with Gasteiger partial charge in [-0.1, -0.05) is 38.1 Å². The van der Waals surface area contributed by atoms with E-state index in [1.165, 1.54) is 12.1 Å². The van der Waals surface area contributed by atoms with Gasteiger partial charge >= 0.3 is 0 Å². The van der Waals surface area contributed by atoms with Gasteiger partial charge in [-0.15, -0.1) is 0 Å². The van der Waals surface area contributed by atoms with E-state index in [1.807, 2.05) is 13.8 Å². The van der Waals surface area contributed by atoms with Crippen molar-refractivity contribution >= 4 is 21.6 Å². The number of benzene rings is 2. The number of hydrogen-bond acceptors (Lipinski definition) is 3. The van der Waals surface area contributed by atoms with Crippen LogP contribution < -0.4 is 10.0 Å². The Hall–Kier alpha value is -2.34. The molecule has 2 aromatic carbocycles. The Kier molecular flexibility index (Phi) is 5.39. The van der Waals surface area contributed by atoms with Crippen LogP contribution in [-0.4, -0.2) is 20.9 Å². The van der Waals surface area contributed by atoms with Gasteiger partial charge in [-0.3, -0.25) is 9.52 Å². The van der Waals surface area contributed by atoms with Crippen molar-refractivity contribution in [2.75, 3.05) is 11.3 Å². The highest BCUT2D eigenvalue weighted by Crippen LogP contribution is 2.17. The van der Waals surface area contributed by atoms with E-state index < -0.39 is 10.0 Å². The van der Waals surface area contributed by atoms with Gasteiger partial charge in [0, 0.05) is 17.8 Å². The van der Waals surface area contributed by atoms with E-state index in [0.29, 0.717) is 23.7 Å². The molecule has 0 bridgehead atoms. The quantitative estimate of drug-likeness (QED) is 0.854. The lowest BCUT2D eigenvalue weighted by Gasteiger charge is -2.10. The normalized spacial score (nSPS) is 11.3. The van der Waals surface area contributed by atoms with Gasteiger partial charge in [0.25, 0.3) is 15.9 Å². The van der Waals surface area contributed by atoms with E-state index >= 15 is 0 Å². The summed E-state index contributed by atoms with van der Waals surface area (Å²) in [6, 6.07) is 14.6. The summed E-state index contributed by atoms with van der Waals surface area (Å²) in [6.07, 6.45) is 0. The maximum Gasteiger partial charge on any atom is 0.261 e. The molecule has 0 aromatic heterocycles. The fourth-order valence-corrected chi connectivity index (χ4v) is 3.03. The Morgan fingerprint density at radius 2 is 1.74 bits per heavy atom. The summed E-state index contributed by atoms with van der Waals surface area (Å²) in [5.41, 5.74) is 0.795. The van der Waals surface area contributed by atoms with E-state index in [9.17, 15) is 13.2 Å². The first kappa shape index (κ1) is 17.0. The zero-order valence-corrected chi connectivity index (χ0v) is 13.9. The lowest BCUT2D eigenvalue weighted by atomic mass is 10.2. The molecule has 0 radical (unpaired) electrons. The van der Waals surface area contributed by atoms with Gasteiger partial charge in [0.15, 0.2) is 0 Å². The first-order valence-corrected chi connectivity index (χ1v) is 8.83. The first-order valence-electron chi connectivity index (χ1n) is 7.34. The molecule has 0 atom stereocenters. The largest absolute Gasteiger partial charge is 0.352 e. The van der Waals surface area contributed by atoms with Crippen molar-refractivity contribution in [1.82, 2.24) is 5.32 Å². The lowest BCUT2D eigenvalue weighted by Crippen LogP contribution is -2.27. The molecule has 0 saturated carbocycles. The number of hydrogen-bond donors (Lipinski definition) is 2. The van der Waals surface area contributed by atoms with Crippen LogP contribution in [0.3, 0.4) is 0 Å². The zero-order chi connectivity index (χ0) is 16.9. The summed E-state index contributed by atoms with van der Waals surface area (Å²) in [4.78, 5) is 12.1. The average Bonchev–Trinajstić information content (AvgIpc) is 2.53. The molecular weight excluding hydrogens is 312 g/mol. The predicted octanol–water partition coefficient (Wildman–Crippen LogP) is 2.87. The van der Waals surface area contributed by atoms with Crippen LogP contribution in [0.1, 0.15) is 24.2 Å². The molecule has 122 valence electrons. The van der Waals surface area contributed by atoms with Crippen LogP contribution in [0.2, 0.25) is 0 Å². The van der Waals surface area contributed by atoms with Gasteiger partial charge in [-0.2, -0.15) is 0 Å². The summed E-state index contributed by atoms with van der Waals surface area (Å²) < 4.78 is 27.3. The minimum atomic E-state index is -3.73. The molecule has 0 fully saturated rings. The maximum absolute atomic E-state index is 12.4. The van der Waals surface area contributed by atoms with Crippen molar-refractivity contribution in [3.63, 3.8) is 0 Å². The molecule has 2 rings (SSSR count). The molecule has 1 amide bonds. The van der Waals surface area contributed by atoms with Crippen molar-refractivity contribution in [2.24, 2.45) is 5.92 Å². The Morgan fingerprint density at radius 3 is 2.39 bits per heavy atom. The highest BCUT2D eigenvalue weighted by Gasteiger charge is 2.16. The number of anilines is 1. The van der Waals surface area contributed by atoms with Crippen molar-refractivity contribution in [3.8, 4) is 0 Å². The monoisotopic (exact) mass is 332 g/mol. The fraction of sp³-hybridized carbons (Fsp3) is 0.235. The van der Waals surface area contributed by atoms with Crippen molar-refractivity contribution in [2.45, 2.75) is 18.7 Å². The van der Waals surface area contributed by atoms with Crippen LogP contribution in [0.4, 0.5) is 5.69 Å². The topological polar surface area (TPSA) is 75.3 Å². The Bertz CT molecular complexity index is 771. The van der Waals surface area contributed by atoms with Gasteiger partial charge < -0.3 is 5.32 Å². The molecule has 0 spiro atoms. The number of rotatable bonds is 6. The zero-order valence-electron chi connectivity index (χ0n) is 13.1. The van der Waals surface area contributed by atoms with Crippen molar-refractivity contribution in [1.29, 1.82) is 0 Å². The van der Waals surface area contributed by atoms with E-state index in [0.717, 1.165) is 0 Å². The standard InChI is InChI=1S/C17H20N2O3S/c1-13(2)12-18-17(20)14-7-6-10-16(11-14)23(21,22)19-15-8-4-3-5-9-15/h3-11,13,19H,12H2,1-2H3,(H,18,20). The third-order valence-corrected chi connectivity index (χ3v) is 4.48. The van der Waals surface area contributed by atoms with Crippen LogP contribution in [0.15, 0.2) is 59.5 Å². The van der Waals surface area contributed by atoms with Gasteiger partial charge in [-0.05, 0) is 36.2 Å².